The van der Waals surface area contributed by atoms with Crippen molar-refractivity contribution in [1.82, 2.24) is 4.90 Å². The number of anilines is 1. The van der Waals surface area contributed by atoms with Crippen LogP contribution in [0.1, 0.15) is 24.0 Å². The van der Waals surface area contributed by atoms with Crippen LogP contribution in [0.15, 0.2) is 23.4 Å². The summed E-state index contributed by atoms with van der Waals surface area (Å²) in [5.74, 6) is 0.166. The van der Waals surface area contributed by atoms with E-state index in [-0.39, 0.29) is 5.84 Å². The first-order valence-electron chi connectivity index (χ1n) is 7.03. The Kier molecular flexibility index (Phi) is 4.49. The van der Waals surface area contributed by atoms with Gasteiger partial charge in [-0.2, -0.15) is 0 Å². The molecular weight excluding hydrogens is 252 g/mol. The van der Waals surface area contributed by atoms with Gasteiger partial charge in [-0.15, -0.1) is 0 Å². The highest BCUT2D eigenvalue weighted by Crippen LogP contribution is 2.28. The first-order chi connectivity index (χ1) is 9.54. The predicted octanol–water partition coefficient (Wildman–Crippen LogP) is 1.62. The molecule has 5 heteroatoms. The molecule has 0 spiro atoms. The molecule has 1 atom stereocenters. The molecule has 0 amide bonds. The van der Waals surface area contributed by atoms with Gasteiger partial charge in [0, 0.05) is 25.2 Å². The van der Waals surface area contributed by atoms with E-state index >= 15 is 0 Å². The van der Waals surface area contributed by atoms with Gasteiger partial charge >= 0.3 is 0 Å². The lowest BCUT2D eigenvalue weighted by molar-refractivity contribution is 0.248. The third-order valence-corrected chi connectivity index (χ3v) is 4.12. The van der Waals surface area contributed by atoms with Gasteiger partial charge in [0.05, 0.1) is 5.69 Å². The second-order valence-corrected chi connectivity index (χ2v) is 5.63. The molecular formula is C15H24N4O. The molecule has 20 heavy (non-hydrogen) atoms. The van der Waals surface area contributed by atoms with Crippen LogP contribution in [0.5, 0.6) is 0 Å². The Morgan fingerprint density at radius 1 is 1.50 bits per heavy atom. The van der Waals surface area contributed by atoms with Gasteiger partial charge in [0.25, 0.3) is 0 Å². The standard InChI is InChI=1S/C15H24N4O/c1-11-6-4-8-13(15(16)17-20)14(11)19(3)12-7-5-9-18(2)10-12/h4,6,8,12,20H,5,7,9-10H2,1-3H3,(H2,16,17). The van der Waals surface area contributed by atoms with Crippen molar-refractivity contribution in [3.63, 3.8) is 0 Å². The van der Waals surface area contributed by atoms with E-state index in [2.05, 4.69) is 42.0 Å². The number of likely N-dealkylation sites (tertiary alicyclic amines) is 1. The van der Waals surface area contributed by atoms with Crippen molar-refractivity contribution >= 4 is 11.5 Å². The SMILES string of the molecule is Cc1cccc(/C(N)=N/O)c1N(C)C1CCCN(C)C1. The van der Waals surface area contributed by atoms with Crippen molar-refractivity contribution < 1.29 is 5.21 Å². The van der Waals surface area contributed by atoms with Gasteiger partial charge in [-0.05, 0) is 45.0 Å². The molecule has 1 heterocycles. The van der Waals surface area contributed by atoms with Crippen molar-refractivity contribution in [2.75, 3.05) is 32.1 Å². The topological polar surface area (TPSA) is 65.1 Å². The summed E-state index contributed by atoms with van der Waals surface area (Å²) in [7, 11) is 4.25. The molecule has 0 bridgehead atoms. The molecule has 1 aliphatic rings. The Hall–Kier alpha value is -1.75. The van der Waals surface area contributed by atoms with Crippen LogP contribution < -0.4 is 10.6 Å². The molecule has 1 aliphatic heterocycles. The summed E-state index contributed by atoms with van der Waals surface area (Å²) in [6, 6.07) is 6.36. The molecule has 1 saturated heterocycles. The molecule has 0 radical (unpaired) electrons. The summed E-state index contributed by atoms with van der Waals surface area (Å²) in [5.41, 5.74) is 8.82. The Balaban J connectivity index is 2.35. The Labute approximate surface area is 120 Å². The number of aryl methyl sites for hydroxylation is 1. The van der Waals surface area contributed by atoms with Gasteiger partial charge in [-0.1, -0.05) is 17.3 Å². The number of para-hydroxylation sites is 1. The van der Waals surface area contributed by atoms with E-state index in [0.29, 0.717) is 6.04 Å². The highest BCUT2D eigenvalue weighted by atomic mass is 16.4. The average Bonchev–Trinajstić information content (AvgIpc) is 2.45. The third-order valence-electron chi connectivity index (χ3n) is 4.12. The Bertz CT molecular complexity index is 501. The molecule has 1 unspecified atom stereocenters. The van der Waals surface area contributed by atoms with Crippen LogP contribution in [-0.4, -0.2) is 49.2 Å². The predicted molar refractivity (Wildman–Crippen MR) is 82.6 cm³/mol. The lowest BCUT2D eigenvalue weighted by Crippen LogP contribution is -2.45. The monoisotopic (exact) mass is 276 g/mol. The molecule has 0 aliphatic carbocycles. The number of piperidine rings is 1. The zero-order chi connectivity index (χ0) is 14.7. The maximum absolute atomic E-state index is 8.97. The van der Waals surface area contributed by atoms with Gasteiger partial charge in [0.1, 0.15) is 0 Å². The van der Waals surface area contributed by atoms with E-state index in [0.717, 1.165) is 29.9 Å². The van der Waals surface area contributed by atoms with E-state index < -0.39 is 0 Å². The van der Waals surface area contributed by atoms with Crippen LogP contribution in [0, 0.1) is 6.92 Å². The number of likely N-dealkylation sites (N-methyl/N-ethyl adjacent to an activating group) is 2. The van der Waals surface area contributed by atoms with Crippen LogP contribution in [0.3, 0.4) is 0 Å². The summed E-state index contributed by atoms with van der Waals surface area (Å²) in [4.78, 5) is 4.63. The summed E-state index contributed by atoms with van der Waals surface area (Å²) in [6.45, 7) is 4.26. The largest absolute Gasteiger partial charge is 0.409 e. The highest BCUT2D eigenvalue weighted by Gasteiger charge is 2.24. The van der Waals surface area contributed by atoms with E-state index in [9.17, 15) is 0 Å². The van der Waals surface area contributed by atoms with Crippen LogP contribution in [0.4, 0.5) is 5.69 Å². The average molecular weight is 276 g/mol. The highest BCUT2D eigenvalue weighted by molar-refractivity contribution is 6.02. The number of nitrogens with two attached hydrogens (primary N) is 1. The van der Waals surface area contributed by atoms with Crippen LogP contribution in [-0.2, 0) is 0 Å². The third kappa shape index (κ3) is 2.88. The minimum Gasteiger partial charge on any atom is -0.409 e. The van der Waals surface area contributed by atoms with E-state index in [1.807, 2.05) is 12.1 Å². The fraction of sp³-hybridized carbons (Fsp3) is 0.533. The first kappa shape index (κ1) is 14.7. The zero-order valence-electron chi connectivity index (χ0n) is 12.5. The minimum absolute atomic E-state index is 0.166. The quantitative estimate of drug-likeness (QED) is 0.381. The summed E-state index contributed by atoms with van der Waals surface area (Å²) in [5, 5.41) is 12.1. The van der Waals surface area contributed by atoms with Gasteiger partial charge in [0.2, 0.25) is 0 Å². The molecule has 0 saturated carbocycles. The number of rotatable bonds is 3. The Morgan fingerprint density at radius 2 is 2.25 bits per heavy atom. The molecule has 1 fully saturated rings. The molecule has 1 aromatic carbocycles. The van der Waals surface area contributed by atoms with Crippen molar-refractivity contribution in [1.29, 1.82) is 0 Å². The normalized spacial score (nSPS) is 20.9. The fourth-order valence-electron chi connectivity index (χ4n) is 3.03. The molecule has 3 N–H and O–H groups in total. The van der Waals surface area contributed by atoms with Crippen LogP contribution in [0.25, 0.3) is 0 Å². The molecule has 110 valence electrons. The van der Waals surface area contributed by atoms with Gasteiger partial charge in [0.15, 0.2) is 5.84 Å². The number of oxime groups is 1. The maximum atomic E-state index is 8.97. The smallest absolute Gasteiger partial charge is 0.172 e. The number of amidine groups is 1. The summed E-state index contributed by atoms with van der Waals surface area (Å²) < 4.78 is 0. The second-order valence-electron chi connectivity index (χ2n) is 5.63. The van der Waals surface area contributed by atoms with Gasteiger partial charge in [-0.25, -0.2) is 0 Å². The Morgan fingerprint density at radius 3 is 2.90 bits per heavy atom. The fourth-order valence-corrected chi connectivity index (χ4v) is 3.03. The van der Waals surface area contributed by atoms with Crippen molar-refractivity contribution in [2.24, 2.45) is 10.9 Å². The number of nitrogens with zero attached hydrogens (tertiary/aromatic N) is 3. The first-order valence-corrected chi connectivity index (χ1v) is 7.03. The molecule has 5 nitrogen and oxygen atoms in total. The van der Waals surface area contributed by atoms with Crippen molar-refractivity contribution in [2.45, 2.75) is 25.8 Å². The van der Waals surface area contributed by atoms with E-state index in [1.54, 1.807) is 0 Å². The molecule has 1 aromatic rings. The van der Waals surface area contributed by atoms with Crippen molar-refractivity contribution in [3.05, 3.63) is 29.3 Å². The van der Waals surface area contributed by atoms with E-state index in [1.165, 1.54) is 12.8 Å². The van der Waals surface area contributed by atoms with Crippen molar-refractivity contribution in [3.8, 4) is 0 Å². The number of benzene rings is 1. The molecule has 0 aromatic heterocycles. The lowest BCUT2D eigenvalue weighted by atomic mass is 10.0. The maximum Gasteiger partial charge on any atom is 0.172 e. The van der Waals surface area contributed by atoms with Crippen LogP contribution in [0.2, 0.25) is 0 Å². The second kappa shape index (κ2) is 6.13. The van der Waals surface area contributed by atoms with E-state index in [4.69, 9.17) is 10.9 Å². The summed E-state index contributed by atoms with van der Waals surface area (Å²) >= 11 is 0. The van der Waals surface area contributed by atoms with Gasteiger partial charge in [-0.3, -0.25) is 0 Å². The number of hydrogen-bond acceptors (Lipinski definition) is 4. The minimum atomic E-state index is 0.166. The summed E-state index contributed by atoms with van der Waals surface area (Å²) in [6.07, 6.45) is 2.38. The zero-order valence-corrected chi connectivity index (χ0v) is 12.5. The number of hydrogen-bond donors (Lipinski definition) is 2. The van der Waals surface area contributed by atoms with Crippen LogP contribution >= 0.6 is 0 Å². The van der Waals surface area contributed by atoms with Gasteiger partial charge < -0.3 is 20.7 Å². The lowest BCUT2D eigenvalue weighted by Gasteiger charge is -2.38. The molecule has 2 rings (SSSR count).